The van der Waals surface area contributed by atoms with Gasteiger partial charge in [-0.15, -0.1) is 0 Å². The van der Waals surface area contributed by atoms with Crippen LogP contribution < -0.4 is 15.8 Å². The van der Waals surface area contributed by atoms with Crippen LogP contribution in [0.3, 0.4) is 0 Å². The molecule has 0 aromatic heterocycles. The number of nitrogens with one attached hydrogen (secondary N) is 2. The highest BCUT2D eigenvalue weighted by molar-refractivity contribution is 7.88. The molecule has 0 heterocycles. The number of hydrogen-bond acceptors (Lipinski definition) is 4. The van der Waals surface area contributed by atoms with Crippen molar-refractivity contribution in [2.45, 2.75) is 32.7 Å². The van der Waals surface area contributed by atoms with Crippen molar-refractivity contribution in [2.75, 3.05) is 19.3 Å². The van der Waals surface area contributed by atoms with E-state index in [0.717, 1.165) is 12.7 Å². The van der Waals surface area contributed by atoms with Gasteiger partial charge in [-0.05, 0) is 12.3 Å². The lowest BCUT2D eigenvalue weighted by Gasteiger charge is -2.17. The Hall–Kier alpha value is -0.660. The van der Waals surface area contributed by atoms with Gasteiger partial charge < -0.3 is 11.1 Å². The Morgan fingerprint density at radius 1 is 1.35 bits per heavy atom. The van der Waals surface area contributed by atoms with Gasteiger partial charge in [-0.2, -0.15) is 0 Å². The summed E-state index contributed by atoms with van der Waals surface area (Å²) in [5, 5.41) is 2.69. The van der Waals surface area contributed by atoms with E-state index in [2.05, 4.69) is 10.0 Å². The third-order valence-electron chi connectivity index (χ3n) is 2.58. The maximum atomic E-state index is 11.5. The fourth-order valence-corrected chi connectivity index (χ4v) is 1.70. The van der Waals surface area contributed by atoms with Crippen LogP contribution in [0.5, 0.6) is 0 Å². The fraction of sp³-hybridized carbons (Fsp3) is 0.900. The summed E-state index contributed by atoms with van der Waals surface area (Å²) in [4.78, 5) is 11.5. The highest BCUT2D eigenvalue weighted by Gasteiger charge is 2.18. The molecule has 17 heavy (non-hydrogen) atoms. The number of amides is 1. The molecule has 0 radical (unpaired) electrons. The zero-order valence-electron chi connectivity index (χ0n) is 10.7. The number of hydrogen-bond donors (Lipinski definition) is 3. The standard InChI is InChI=1S/C10H23N3O3S/c1-4-8(2)9(11)10(14)12-6-5-7-13-17(3,15)16/h8-9,13H,4-7,11H2,1-3H3,(H,12,14). The summed E-state index contributed by atoms with van der Waals surface area (Å²) in [5.74, 6) is -0.0390. The van der Waals surface area contributed by atoms with Crippen molar-refractivity contribution < 1.29 is 13.2 Å². The van der Waals surface area contributed by atoms with Gasteiger partial charge >= 0.3 is 0 Å². The normalized spacial score (nSPS) is 15.3. The van der Waals surface area contributed by atoms with Crippen molar-refractivity contribution in [3.63, 3.8) is 0 Å². The molecule has 2 unspecified atom stereocenters. The minimum Gasteiger partial charge on any atom is -0.355 e. The number of carbonyl (C=O) groups is 1. The molecule has 0 spiro atoms. The maximum absolute atomic E-state index is 11.5. The Kier molecular flexibility index (Phi) is 7.33. The van der Waals surface area contributed by atoms with Crippen molar-refractivity contribution in [2.24, 2.45) is 11.7 Å². The highest BCUT2D eigenvalue weighted by atomic mass is 32.2. The van der Waals surface area contributed by atoms with Crippen LogP contribution in [0.4, 0.5) is 0 Å². The first-order chi connectivity index (χ1) is 7.78. The number of nitrogens with two attached hydrogens (primary N) is 1. The van der Waals surface area contributed by atoms with E-state index in [9.17, 15) is 13.2 Å². The largest absolute Gasteiger partial charge is 0.355 e. The Balaban J connectivity index is 3.72. The zero-order valence-corrected chi connectivity index (χ0v) is 11.5. The molecular formula is C10H23N3O3S. The van der Waals surface area contributed by atoms with E-state index in [4.69, 9.17) is 5.73 Å². The molecule has 0 aliphatic rings. The Labute approximate surface area is 103 Å². The van der Waals surface area contributed by atoms with Crippen molar-refractivity contribution in [1.82, 2.24) is 10.0 Å². The molecular weight excluding hydrogens is 242 g/mol. The molecule has 0 aromatic rings. The number of carbonyl (C=O) groups excluding carboxylic acids is 1. The smallest absolute Gasteiger partial charge is 0.237 e. The van der Waals surface area contributed by atoms with Gasteiger partial charge in [-0.1, -0.05) is 20.3 Å². The molecule has 2 atom stereocenters. The molecule has 0 aliphatic carbocycles. The predicted octanol–water partition coefficient (Wildman–Crippen LogP) is -0.585. The lowest BCUT2D eigenvalue weighted by molar-refractivity contribution is -0.123. The van der Waals surface area contributed by atoms with E-state index >= 15 is 0 Å². The van der Waals surface area contributed by atoms with Crippen LogP contribution >= 0.6 is 0 Å². The molecule has 0 rings (SSSR count). The van der Waals surface area contributed by atoms with Gasteiger partial charge in [0.1, 0.15) is 0 Å². The van der Waals surface area contributed by atoms with Crippen molar-refractivity contribution in [1.29, 1.82) is 0 Å². The number of sulfonamides is 1. The molecule has 0 saturated carbocycles. The molecule has 0 aliphatic heterocycles. The average molecular weight is 265 g/mol. The third-order valence-corrected chi connectivity index (χ3v) is 3.31. The first-order valence-corrected chi connectivity index (χ1v) is 7.65. The molecule has 0 saturated heterocycles. The van der Waals surface area contributed by atoms with E-state index in [1.54, 1.807) is 0 Å². The molecule has 7 heteroatoms. The predicted molar refractivity (Wildman–Crippen MR) is 67.9 cm³/mol. The molecule has 1 amide bonds. The number of rotatable bonds is 8. The SMILES string of the molecule is CCC(C)C(N)C(=O)NCCCNS(C)(=O)=O. The Morgan fingerprint density at radius 2 is 1.94 bits per heavy atom. The van der Waals surface area contributed by atoms with Crippen LogP contribution in [0.2, 0.25) is 0 Å². The van der Waals surface area contributed by atoms with E-state index in [0.29, 0.717) is 19.5 Å². The van der Waals surface area contributed by atoms with Crippen LogP contribution in [0.25, 0.3) is 0 Å². The summed E-state index contributed by atoms with van der Waals surface area (Å²) in [6.07, 6.45) is 2.50. The monoisotopic (exact) mass is 265 g/mol. The fourth-order valence-electron chi connectivity index (χ4n) is 1.19. The second-order valence-electron chi connectivity index (χ2n) is 4.22. The maximum Gasteiger partial charge on any atom is 0.237 e. The average Bonchev–Trinajstić information content (AvgIpc) is 2.24. The summed E-state index contributed by atoms with van der Waals surface area (Å²) in [6.45, 7) is 4.65. The molecule has 102 valence electrons. The minimum atomic E-state index is -3.15. The second kappa shape index (κ2) is 7.62. The Bertz CT molecular complexity index is 330. The first kappa shape index (κ1) is 16.3. The topological polar surface area (TPSA) is 101 Å². The van der Waals surface area contributed by atoms with Crippen LogP contribution in [-0.4, -0.2) is 39.7 Å². The minimum absolute atomic E-state index is 0.143. The first-order valence-electron chi connectivity index (χ1n) is 5.75. The van der Waals surface area contributed by atoms with Gasteiger partial charge in [0, 0.05) is 13.1 Å². The van der Waals surface area contributed by atoms with Crippen molar-refractivity contribution >= 4 is 15.9 Å². The Morgan fingerprint density at radius 3 is 2.41 bits per heavy atom. The lowest BCUT2D eigenvalue weighted by Crippen LogP contribution is -2.45. The van der Waals surface area contributed by atoms with Crippen LogP contribution in [-0.2, 0) is 14.8 Å². The van der Waals surface area contributed by atoms with E-state index in [1.807, 2.05) is 13.8 Å². The quantitative estimate of drug-likeness (QED) is 0.511. The molecule has 4 N–H and O–H groups in total. The molecule has 0 aromatic carbocycles. The highest BCUT2D eigenvalue weighted by Crippen LogP contribution is 2.04. The van der Waals surface area contributed by atoms with E-state index in [1.165, 1.54) is 0 Å². The van der Waals surface area contributed by atoms with Crippen LogP contribution in [0.15, 0.2) is 0 Å². The van der Waals surface area contributed by atoms with Crippen LogP contribution in [0.1, 0.15) is 26.7 Å². The molecule has 0 fully saturated rings. The summed E-state index contributed by atoms with van der Waals surface area (Å²) >= 11 is 0. The molecule has 6 nitrogen and oxygen atoms in total. The third kappa shape index (κ3) is 8.12. The summed E-state index contributed by atoms with van der Waals surface area (Å²) in [7, 11) is -3.15. The van der Waals surface area contributed by atoms with Gasteiger partial charge in [-0.25, -0.2) is 13.1 Å². The summed E-state index contributed by atoms with van der Waals surface area (Å²) in [5.41, 5.74) is 5.73. The van der Waals surface area contributed by atoms with Crippen molar-refractivity contribution in [3.05, 3.63) is 0 Å². The van der Waals surface area contributed by atoms with Crippen molar-refractivity contribution in [3.8, 4) is 0 Å². The van der Waals surface area contributed by atoms with E-state index < -0.39 is 16.1 Å². The lowest BCUT2D eigenvalue weighted by atomic mass is 9.99. The summed E-state index contributed by atoms with van der Waals surface area (Å²) < 4.78 is 23.8. The van der Waals surface area contributed by atoms with Gasteiger partial charge in [-0.3, -0.25) is 4.79 Å². The van der Waals surface area contributed by atoms with Gasteiger partial charge in [0.2, 0.25) is 15.9 Å². The molecule has 0 bridgehead atoms. The van der Waals surface area contributed by atoms with Gasteiger partial charge in [0.25, 0.3) is 0 Å². The van der Waals surface area contributed by atoms with E-state index in [-0.39, 0.29) is 11.8 Å². The van der Waals surface area contributed by atoms with Crippen LogP contribution in [0, 0.1) is 5.92 Å². The zero-order chi connectivity index (χ0) is 13.5. The van der Waals surface area contributed by atoms with Gasteiger partial charge in [0.15, 0.2) is 0 Å². The second-order valence-corrected chi connectivity index (χ2v) is 6.06. The van der Waals surface area contributed by atoms with Gasteiger partial charge in [0.05, 0.1) is 12.3 Å². The summed E-state index contributed by atoms with van der Waals surface area (Å²) in [6, 6.07) is -0.497.